The third-order valence-electron chi connectivity index (χ3n) is 2.77. The first-order valence-corrected chi connectivity index (χ1v) is 8.83. The zero-order valence-corrected chi connectivity index (χ0v) is 13.0. The van der Waals surface area contributed by atoms with Crippen LogP contribution in [0.5, 0.6) is 23.0 Å². The molecule has 0 saturated carbocycles. The number of hydrogen-bond donors (Lipinski definition) is 2. The van der Waals surface area contributed by atoms with Gasteiger partial charge in [0.2, 0.25) is 14.2 Å². The highest BCUT2D eigenvalue weighted by Crippen LogP contribution is 2.33. The number of aromatic nitrogens is 1. The number of phenols is 2. The Balaban J connectivity index is 1.98. The molecule has 6 nitrogen and oxygen atoms in total. The molecule has 0 bridgehead atoms. The van der Waals surface area contributed by atoms with Gasteiger partial charge in [0.15, 0.2) is 0 Å². The molecule has 3 rings (SSSR count). The van der Waals surface area contributed by atoms with Gasteiger partial charge in [-0.05, 0) is 12.1 Å². The second kappa shape index (κ2) is 5.15. The van der Waals surface area contributed by atoms with Crippen molar-refractivity contribution in [1.82, 2.24) is 4.98 Å². The van der Waals surface area contributed by atoms with Crippen molar-refractivity contribution in [2.24, 2.45) is 0 Å². The van der Waals surface area contributed by atoms with Crippen LogP contribution < -0.4 is 4.74 Å². The molecule has 2 N–H and O–H groups in total. The fraction of sp³-hybridized carbons (Fsp3) is 0.0714. The summed E-state index contributed by atoms with van der Waals surface area (Å²) < 4.78 is 29.3. The Hall–Kier alpha value is -2.32. The van der Waals surface area contributed by atoms with Crippen molar-refractivity contribution in [2.75, 3.05) is 6.26 Å². The molecule has 0 aliphatic rings. The maximum atomic E-state index is 11.5. The summed E-state index contributed by atoms with van der Waals surface area (Å²) >= 11 is 1.06. The molecule has 0 radical (unpaired) electrons. The van der Waals surface area contributed by atoms with Crippen molar-refractivity contribution in [3.63, 3.8) is 0 Å². The van der Waals surface area contributed by atoms with E-state index in [-0.39, 0.29) is 21.6 Å². The number of sulfone groups is 1. The van der Waals surface area contributed by atoms with Gasteiger partial charge in [-0.3, -0.25) is 0 Å². The topological polar surface area (TPSA) is 96.7 Å². The maximum Gasteiger partial charge on any atom is 0.210 e. The number of nitrogens with zero attached hydrogens (tertiary/aromatic N) is 1. The minimum atomic E-state index is -3.35. The van der Waals surface area contributed by atoms with Gasteiger partial charge >= 0.3 is 0 Å². The predicted octanol–water partition coefficient (Wildman–Crippen LogP) is 2.90. The van der Waals surface area contributed by atoms with Crippen molar-refractivity contribution in [3.05, 3.63) is 36.4 Å². The lowest BCUT2D eigenvalue weighted by molar-refractivity contribution is 0.432. The fourth-order valence-electron chi connectivity index (χ4n) is 1.87. The number of hydrogen-bond acceptors (Lipinski definition) is 7. The lowest BCUT2D eigenvalue weighted by atomic mass is 10.3. The Morgan fingerprint density at radius 1 is 1.05 bits per heavy atom. The van der Waals surface area contributed by atoms with Crippen molar-refractivity contribution >= 4 is 31.4 Å². The van der Waals surface area contributed by atoms with Gasteiger partial charge in [0.1, 0.15) is 23.0 Å². The van der Waals surface area contributed by atoms with Crippen molar-refractivity contribution < 1.29 is 23.4 Å². The minimum Gasteiger partial charge on any atom is -0.508 e. The maximum absolute atomic E-state index is 11.5. The predicted molar refractivity (Wildman–Crippen MR) is 82.6 cm³/mol. The number of fused-ring (bicyclic) bond motifs is 1. The van der Waals surface area contributed by atoms with E-state index in [1.807, 2.05) is 0 Å². The summed E-state index contributed by atoms with van der Waals surface area (Å²) in [5, 5.41) is 18.8. The van der Waals surface area contributed by atoms with Gasteiger partial charge in [0, 0.05) is 30.5 Å². The van der Waals surface area contributed by atoms with E-state index in [4.69, 9.17) is 4.74 Å². The van der Waals surface area contributed by atoms with E-state index < -0.39 is 9.84 Å². The Labute approximate surface area is 130 Å². The minimum absolute atomic E-state index is 0.0506. The molecule has 0 aliphatic heterocycles. The van der Waals surface area contributed by atoms with Crippen LogP contribution in [0.4, 0.5) is 0 Å². The number of ether oxygens (including phenoxy) is 1. The Morgan fingerprint density at radius 2 is 1.73 bits per heavy atom. The summed E-state index contributed by atoms with van der Waals surface area (Å²) in [5.41, 5.74) is 0.566. The van der Waals surface area contributed by atoms with Crippen molar-refractivity contribution in [1.29, 1.82) is 0 Å². The standard InChI is InChI=1S/C14H11NO5S2/c1-22(18,19)14-15-12-3-2-10(7-13(12)21-14)20-11-5-8(16)4-9(17)6-11/h2-7,16-17H,1H3. The first kappa shape index (κ1) is 14.6. The molecule has 8 heteroatoms. The SMILES string of the molecule is CS(=O)(=O)c1nc2ccc(Oc3cc(O)cc(O)c3)cc2s1. The number of aromatic hydroxyl groups is 2. The number of benzene rings is 2. The third kappa shape index (κ3) is 2.97. The second-order valence-electron chi connectivity index (χ2n) is 4.67. The number of rotatable bonds is 3. The second-order valence-corrected chi connectivity index (χ2v) is 7.89. The highest BCUT2D eigenvalue weighted by Gasteiger charge is 2.14. The van der Waals surface area contributed by atoms with E-state index >= 15 is 0 Å². The molecular weight excluding hydrogens is 326 g/mol. The normalized spacial score (nSPS) is 11.7. The smallest absolute Gasteiger partial charge is 0.210 e. The molecule has 22 heavy (non-hydrogen) atoms. The van der Waals surface area contributed by atoms with Crippen LogP contribution >= 0.6 is 11.3 Å². The lowest BCUT2D eigenvalue weighted by Crippen LogP contribution is -1.94. The Kier molecular flexibility index (Phi) is 3.42. The van der Waals surface area contributed by atoms with Gasteiger partial charge < -0.3 is 14.9 Å². The van der Waals surface area contributed by atoms with Crippen molar-refractivity contribution in [2.45, 2.75) is 4.34 Å². The summed E-state index contributed by atoms with van der Waals surface area (Å²) in [6.45, 7) is 0. The molecule has 2 aromatic carbocycles. The Morgan fingerprint density at radius 3 is 2.36 bits per heavy atom. The molecular formula is C14H11NO5S2. The zero-order chi connectivity index (χ0) is 15.9. The number of thiazole rings is 1. The Bertz CT molecular complexity index is 942. The molecule has 1 aromatic heterocycles. The van der Waals surface area contributed by atoms with E-state index in [2.05, 4.69) is 4.98 Å². The molecule has 0 saturated heterocycles. The van der Waals surface area contributed by atoms with Crippen LogP contribution in [0, 0.1) is 0 Å². The average molecular weight is 337 g/mol. The quantitative estimate of drug-likeness (QED) is 0.763. The number of phenolic OH excluding ortho intramolecular Hbond substituents is 2. The molecule has 0 fully saturated rings. The monoisotopic (exact) mass is 337 g/mol. The van der Waals surface area contributed by atoms with Crippen LogP contribution in [-0.2, 0) is 9.84 Å². The molecule has 0 spiro atoms. The van der Waals surface area contributed by atoms with E-state index in [1.54, 1.807) is 18.2 Å². The highest BCUT2D eigenvalue weighted by atomic mass is 32.2. The van der Waals surface area contributed by atoms with Crippen molar-refractivity contribution in [3.8, 4) is 23.0 Å². The van der Waals surface area contributed by atoms with Crippen LogP contribution in [0.3, 0.4) is 0 Å². The summed E-state index contributed by atoms with van der Waals surface area (Å²) in [6.07, 6.45) is 1.11. The van der Waals surface area contributed by atoms with E-state index in [0.29, 0.717) is 16.0 Å². The zero-order valence-electron chi connectivity index (χ0n) is 11.3. The van der Waals surface area contributed by atoms with Gasteiger partial charge in [-0.15, -0.1) is 11.3 Å². The van der Waals surface area contributed by atoms with Gasteiger partial charge in [-0.1, -0.05) is 0 Å². The van der Waals surface area contributed by atoms with Gasteiger partial charge in [0.05, 0.1) is 10.2 Å². The largest absolute Gasteiger partial charge is 0.508 e. The summed E-state index contributed by atoms with van der Waals surface area (Å²) in [5.74, 6) is 0.479. The van der Waals surface area contributed by atoms with Gasteiger partial charge in [-0.2, -0.15) is 0 Å². The summed E-state index contributed by atoms with van der Waals surface area (Å²) in [7, 11) is -3.35. The van der Waals surface area contributed by atoms with E-state index in [9.17, 15) is 18.6 Å². The lowest BCUT2D eigenvalue weighted by Gasteiger charge is -2.06. The summed E-state index contributed by atoms with van der Waals surface area (Å²) in [6, 6.07) is 8.85. The molecule has 0 amide bonds. The van der Waals surface area contributed by atoms with Gasteiger partial charge in [-0.25, -0.2) is 13.4 Å². The van der Waals surface area contributed by atoms with Crippen LogP contribution in [0.1, 0.15) is 0 Å². The van der Waals surface area contributed by atoms with E-state index in [0.717, 1.165) is 17.6 Å². The van der Waals surface area contributed by atoms with Gasteiger partial charge in [0.25, 0.3) is 0 Å². The van der Waals surface area contributed by atoms with Crippen LogP contribution in [0.15, 0.2) is 40.7 Å². The first-order chi connectivity index (χ1) is 10.3. The van der Waals surface area contributed by atoms with Crippen LogP contribution in [-0.4, -0.2) is 29.9 Å². The molecule has 114 valence electrons. The molecule has 0 atom stereocenters. The summed E-state index contributed by atoms with van der Waals surface area (Å²) in [4.78, 5) is 4.06. The van der Waals surface area contributed by atoms with E-state index in [1.165, 1.54) is 18.2 Å². The first-order valence-electron chi connectivity index (χ1n) is 6.13. The molecule has 1 heterocycles. The van der Waals surface area contributed by atoms with Crippen LogP contribution in [0.2, 0.25) is 0 Å². The molecule has 0 aliphatic carbocycles. The fourth-order valence-corrected chi connectivity index (χ4v) is 3.73. The molecule has 0 unspecified atom stereocenters. The average Bonchev–Trinajstić information content (AvgIpc) is 2.80. The van der Waals surface area contributed by atoms with Crippen LogP contribution in [0.25, 0.3) is 10.2 Å². The molecule has 3 aromatic rings. The highest BCUT2D eigenvalue weighted by molar-refractivity contribution is 7.92. The third-order valence-corrected chi connectivity index (χ3v) is 5.47.